The number of aromatic nitrogens is 4. The van der Waals surface area contributed by atoms with Gasteiger partial charge >= 0.3 is 0 Å². The van der Waals surface area contributed by atoms with E-state index < -0.39 is 0 Å². The molecule has 1 aliphatic heterocycles. The van der Waals surface area contributed by atoms with Gasteiger partial charge in [0.2, 0.25) is 0 Å². The minimum absolute atomic E-state index is 0.599. The van der Waals surface area contributed by atoms with Gasteiger partial charge in [0.25, 0.3) is 5.95 Å². The lowest BCUT2D eigenvalue weighted by molar-refractivity contribution is 0.312. The summed E-state index contributed by atoms with van der Waals surface area (Å²) in [5.74, 6) is 1.54. The van der Waals surface area contributed by atoms with Gasteiger partial charge in [0.05, 0.1) is 4.47 Å². The largest absolute Gasteiger partial charge is 0.353 e. The quantitative estimate of drug-likeness (QED) is 0.831. The first-order valence-electron chi connectivity index (χ1n) is 6.20. The number of likely N-dealkylation sites (N-methyl/N-ethyl adjacent to an activating group) is 1. The Kier molecular flexibility index (Phi) is 3.48. The monoisotopic (exact) mass is 322 g/mol. The molecule has 1 aliphatic rings. The first kappa shape index (κ1) is 12.6. The normalized spacial score (nSPS) is 16.8. The highest BCUT2D eigenvalue weighted by Gasteiger charge is 2.18. The minimum Gasteiger partial charge on any atom is -0.353 e. The van der Waals surface area contributed by atoms with Gasteiger partial charge in [-0.3, -0.25) is 0 Å². The summed E-state index contributed by atoms with van der Waals surface area (Å²) in [5, 5.41) is 4.16. The smallest absolute Gasteiger partial charge is 0.252 e. The number of rotatable bonds is 2. The first-order chi connectivity index (χ1) is 9.24. The van der Waals surface area contributed by atoms with E-state index in [2.05, 4.69) is 47.8 Å². The van der Waals surface area contributed by atoms with Crippen LogP contribution in [0.2, 0.25) is 0 Å². The van der Waals surface area contributed by atoms with Gasteiger partial charge in [0.15, 0.2) is 0 Å². The summed E-state index contributed by atoms with van der Waals surface area (Å²) in [6.07, 6.45) is 5.36. The molecule has 6 nitrogen and oxygen atoms in total. The molecule has 0 N–H and O–H groups in total. The third kappa shape index (κ3) is 2.62. The second-order valence-corrected chi connectivity index (χ2v) is 5.44. The predicted molar refractivity (Wildman–Crippen MR) is 76.6 cm³/mol. The van der Waals surface area contributed by atoms with Crippen LogP contribution in [0.3, 0.4) is 0 Å². The lowest BCUT2D eigenvalue weighted by Gasteiger charge is -2.33. The highest BCUT2D eigenvalue weighted by atomic mass is 79.9. The van der Waals surface area contributed by atoms with Gasteiger partial charge in [-0.1, -0.05) is 0 Å². The molecule has 0 radical (unpaired) electrons. The van der Waals surface area contributed by atoms with Crippen LogP contribution in [0.4, 0.5) is 5.82 Å². The van der Waals surface area contributed by atoms with E-state index >= 15 is 0 Å². The van der Waals surface area contributed by atoms with E-state index in [0.717, 1.165) is 36.5 Å². The highest BCUT2D eigenvalue weighted by molar-refractivity contribution is 9.10. The summed E-state index contributed by atoms with van der Waals surface area (Å²) < 4.78 is 2.60. The summed E-state index contributed by atoms with van der Waals surface area (Å²) in [5.41, 5.74) is 0. The molecule has 0 amide bonds. The molecule has 0 aromatic carbocycles. The van der Waals surface area contributed by atoms with Gasteiger partial charge in [-0.25, -0.2) is 9.67 Å². The van der Waals surface area contributed by atoms with Gasteiger partial charge in [-0.15, -0.1) is 0 Å². The molecule has 2 aromatic rings. The maximum absolute atomic E-state index is 4.61. The number of nitrogens with zero attached hydrogens (tertiary/aromatic N) is 6. The summed E-state index contributed by atoms with van der Waals surface area (Å²) in [6, 6.07) is 1.86. The van der Waals surface area contributed by atoms with E-state index in [1.807, 2.05) is 12.3 Å². The molecule has 0 bridgehead atoms. The number of hydrogen-bond donors (Lipinski definition) is 0. The van der Waals surface area contributed by atoms with Crippen molar-refractivity contribution in [1.29, 1.82) is 0 Å². The number of halogens is 1. The molecule has 0 unspecified atom stereocenters. The van der Waals surface area contributed by atoms with Gasteiger partial charge in [0, 0.05) is 44.8 Å². The van der Waals surface area contributed by atoms with Crippen molar-refractivity contribution in [3.63, 3.8) is 0 Å². The van der Waals surface area contributed by atoms with Gasteiger partial charge in [-0.05, 0) is 29.0 Å². The summed E-state index contributed by atoms with van der Waals surface area (Å²) in [7, 11) is 2.14. The zero-order valence-corrected chi connectivity index (χ0v) is 12.3. The van der Waals surface area contributed by atoms with Crippen LogP contribution >= 0.6 is 15.9 Å². The lowest BCUT2D eigenvalue weighted by Crippen LogP contribution is -2.45. The van der Waals surface area contributed by atoms with Crippen molar-refractivity contribution in [3.05, 3.63) is 29.1 Å². The van der Waals surface area contributed by atoms with Crippen LogP contribution in [0.25, 0.3) is 5.95 Å². The fraction of sp³-hybridized carbons (Fsp3) is 0.417. The molecule has 3 rings (SSSR count). The van der Waals surface area contributed by atoms with Crippen molar-refractivity contribution in [1.82, 2.24) is 24.6 Å². The first-order valence-corrected chi connectivity index (χ1v) is 6.99. The SMILES string of the molecule is CN1CCN(c2nc(-n3cccn3)ncc2Br)CC1. The Morgan fingerprint density at radius 2 is 2.00 bits per heavy atom. The second kappa shape index (κ2) is 5.26. The van der Waals surface area contributed by atoms with E-state index in [0.29, 0.717) is 5.95 Å². The van der Waals surface area contributed by atoms with Gasteiger partial charge in [0.1, 0.15) is 5.82 Å². The summed E-state index contributed by atoms with van der Waals surface area (Å²) in [6.45, 7) is 4.05. The predicted octanol–water partition coefficient (Wildman–Crippen LogP) is 1.18. The van der Waals surface area contributed by atoms with E-state index in [4.69, 9.17) is 0 Å². The molecule has 2 aromatic heterocycles. The Hall–Kier alpha value is -1.47. The average molecular weight is 323 g/mol. The Balaban J connectivity index is 1.90. The van der Waals surface area contributed by atoms with Crippen LogP contribution in [0, 0.1) is 0 Å². The van der Waals surface area contributed by atoms with Crippen LogP contribution < -0.4 is 4.90 Å². The molecule has 0 saturated carbocycles. The zero-order chi connectivity index (χ0) is 13.2. The van der Waals surface area contributed by atoms with E-state index in [1.54, 1.807) is 17.1 Å². The van der Waals surface area contributed by atoms with Crippen LogP contribution in [-0.2, 0) is 0 Å². The van der Waals surface area contributed by atoms with Crippen LogP contribution in [0.1, 0.15) is 0 Å². The molecule has 3 heterocycles. The van der Waals surface area contributed by atoms with Crippen molar-refractivity contribution in [3.8, 4) is 5.95 Å². The number of anilines is 1. The molecule has 7 heteroatoms. The maximum Gasteiger partial charge on any atom is 0.252 e. The Morgan fingerprint density at radius 1 is 1.21 bits per heavy atom. The minimum atomic E-state index is 0.599. The van der Waals surface area contributed by atoms with Gasteiger partial charge in [-0.2, -0.15) is 10.1 Å². The molecule has 0 spiro atoms. The van der Waals surface area contributed by atoms with Crippen molar-refractivity contribution >= 4 is 21.7 Å². The second-order valence-electron chi connectivity index (χ2n) is 4.58. The maximum atomic E-state index is 4.61. The Labute approximate surface area is 120 Å². The van der Waals surface area contributed by atoms with Crippen molar-refractivity contribution in [2.75, 3.05) is 38.1 Å². The molecule has 1 fully saturated rings. The summed E-state index contributed by atoms with van der Waals surface area (Å²) in [4.78, 5) is 13.5. The van der Waals surface area contributed by atoms with Crippen LogP contribution in [0.5, 0.6) is 0 Å². The molecular weight excluding hydrogens is 308 g/mol. The van der Waals surface area contributed by atoms with E-state index in [9.17, 15) is 0 Å². The third-order valence-corrected chi connectivity index (χ3v) is 3.78. The third-order valence-electron chi connectivity index (χ3n) is 3.23. The van der Waals surface area contributed by atoms with E-state index in [1.165, 1.54) is 0 Å². The van der Waals surface area contributed by atoms with Crippen LogP contribution in [-0.4, -0.2) is 57.9 Å². The number of piperazine rings is 1. The van der Waals surface area contributed by atoms with Crippen LogP contribution in [0.15, 0.2) is 29.1 Å². The highest BCUT2D eigenvalue weighted by Crippen LogP contribution is 2.24. The van der Waals surface area contributed by atoms with Gasteiger partial charge < -0.3 is 9.80 Å². The lowest BCUT2D eigenvalue weighted by atomic mass is 10.3. The molecular formula is C12H15BrN6. The molecule has 19 heavy (non-hydrogen) atoms. The Morgan fingerprint density at radius 3 is 2.68 bits per heavy atom. The van der Waals surface area contributed by atoms with E-state index in [-0.39, 0.29) is 0 Å². The topological polar surface area (TPSA) is 50.1 Å². The standard InChI is InChI=1S/C12H15BrN6/c1-17-5-7-18(8-6-17)11-10(13)9-14-12(16-11)19-4-2-3-15-19/h2-4,9H,5-8H2,1H3. The molecule has 0 atom stereocenters. The van der Waals surface area contributed by atoms with Crippen molar-refractivity contribution < 1.29 is 0 Å². The molecule has 0 aliphatic carbocycles. The molecule has 1 saturated heterocycles. The van der Waals surface area contributed by atoms with Crippen molar-refractivity contribution in [2.24, 2.45) is 0 Å². The zero-order valence-electron chi connectivity index (χ0n) is 10.7. The fourth-order valence-corrected chi connectivity index (χ4v) is 2.53. The Bertz CT molecular complexity index is 547. The fourth-order valence-electron chi connectivity index (χ4n) is 2.09. The van der Waals surface area contributed by atoms with Crippen molar-refractivity contribution in [2.45, 2.75) is 0 Å². The number of hydrogen-bond acceptors (Lipinski definition) is 5. The average Bonchev–Trinajstić information content (AvgIpc) is 2.94. The summed E-state index contributed by atoms with van der Waals surface area (Å²) >= 11 is 3.53. The molecule has 100 valence electrons.